The second-order valence-electron chi connectivity index (χ2n) is 5.36. The van der Waals surface area contributed by atoms with Gasteiger partial charge in [-0.3, -0.25) is 4.79 Å². The monoisotopic (exact) mass is 261 g/mol. The van der Waals surface area contributed by atoms with Gasteiger partial charge < -0.3 is 16.0 Å². The lowest BCUT2D eigenvalue weighted by atomic mass is 10.0. The maximum Gasteiger partial charge on any atom is 0.226 e. The normalized spacial score (nSPS) is 15.2. The van der Waals surface area contributed by atoms with Gasteiger partial charge in [-0.05, 0) is 36.6 Å². The molecule has 1 amide bonds. The van der Waals surface area contributed by atoms with Gasteiger partial charge in [0.15, 0.2) is 0 Å². The first-order chi connectivity index (χ1) is 9.11. The van der Waals surface area contributed by atoms with Gasteiger partial charge in [0.2, 0.25) is 5.91 Å². The second-order valence-corrected chi connectivity index (χ2v) is 5.36. The first-order valence-corrected chi connectivity index (χ1v) is 7.00. The molecule has 0 bridgehead atoms. The fraction of sp³-hybridized carbons (Fsp3) is 0.533. The number of fused-ring (bicyclic) bond motifs is 1. The van der Waals surface area contributed by atoms with Crippen molar-refractivity contribution in [3.8, 4) is 0 Å². The number of hydrogen-bond donors (Lipinski definition) is 2. The van der Waals surface area contributed by atoms with Crippen molar-refractivity contribution in [1.29, 1.82) is 0 Å². The summed E-state index contributed by atoms with van der Waals surface area (Å²) in [5, 5.41) is 2.98. The van der Waals surface area contributed by atoms with E-state index in [1.54, 1.807) is 0 Å². The van der Waals surface area contributed by atoms with Crippen LogP contribution in [0.4, 0.5) is 11.4 Å². The average Bonchev–Trinajstić information content (AvgIpc) is 2.54. The number of benzene rings is 1. The van der Waals surface area contributed by atoms with Crippen LogP contribution in [-0.4, -0.2) is 25.5 Å². The number of carbonyl (C=O) groups is 1. The summed E-state index contributed by atoms with van der Waals surface area (Å²) in [6.07, 6.45) is 1.48. The van der Waals surface area contributed by atoms with Crippen molar-refractivity contribution >= 4 is 17.3 Å². The molecule has 3 N–H and O–H groups in total. The molecular formula is C15H23N3O. The molecule has 1 aromatic rings. The van der Waals surface area contributed by atoms with Crippen LogP contribution >= 0.6 is 0 Å². The maximum absolute atomic E-state index is 11.7. The molecule has 4 heteroatoms. The number of hydrogen-bond acceptors (Lipinski definition) is 3. The minimum atomic E-state index is 0.0915. The van der Waals surface area contributed by atoms with Gasteiger partial charge in [0.25, 0.3) is 0 Å². The van der Waals surface area contributed by atoms with Crippen LogP contribution in [0.5, 0.6) is 0 Å². The van der Waals surface area contributed by atoms with Gasteiger partial charge in [0, 0.05) is 19.5 Å². The van der Waals surface area contributed by atoms with E-state index in [9.17, 15) is 4.79 Å². The van der Waals surface area contributed by atoms with Gasteiger partial charge in [-0.15, -0.1) is 0 Å². The lowest BCUT2D eigenvalue weighted by Crippen LogP contribution is -2.27. The lowest BCUT2D eigenvalue weighted by molar-refractivity contribution is -0.115. The summed E-state index contributed by atoms with van der Waals surface area (Å²) in [6, 6.07) is 6.31. The van der Waals surface area contributed by atoms with Crippen LogP contribution < -0.4 is 16.0 Å². The Labute approximate surface area is 115 Å². The Kier molecular flexibility index (Phi) is 4.43. The number of amides is 1. The number of carbonyl (C=O) groups excluding carboxylic acids is 1. The zero-order valence-corrected chi connectivity index (χ0v) is 11.8. The molecule has 19 heavy (non-hydrogen) atoms. The predicted molar refractivity (Wildman–Crippen MR) is 79.7 cm³/mol. The molecule has 0 saturated carbocycles. The lowest BCUT2D eigenvalue weighted by Gasteiger charge is -2.25. The third-order valence-electron chi connectivity index (χ3n) is 3.54. The maximum atomic E-state index is 11.7. The Bertz CT molecular complexity index is 457. The van der Waals surface area contributed by atoms with Crippen molar-refractivity contribution in [2.24, 2.45) is 5.73 Å². The Morgan fingerprint density at radius 2 is 2.21 bits per heavy atom. The molecule has 0 aliphatic carbocycles. The summed E-state index contributed by atoms with van der Waals surface area (Å²) in [4.78, 5) is 14.0. The second kappa shape index (κ2) is 6.06. The average molecular weight is 261 g/mol. The highest BCUT2D eigenvalue weighted by Crippen LogP contribution is 2.32. The molecule has 104 valence electrons. The summed E-state index contributed by atoms with van der Waals surface area (Å²) in [6.45, 7) is 6.71. The number of nitrogens with one attached hydrogen (secondary N) is 1. The van der Waals surface area contributed by atoms with Gasteiger partial charge in [0.1, 0.15) is 0 Å². The van der Waals surface area contributed by atoms with Crippen LogP contribution in [0.2, 0.25) is 0 Å². The number of anilines is 2. The van der Waals surface area contributed by atoms with Crippen LogP contribution in [0.15, 0.2) is 18.2 Å². The zero-order valence-electron chi connectivity index (χ0n) is 11.8. The topological polar surface area (TPSA) is 58.4 Å². The van der Waals surface area contributed by atoms with Gasteiger partial charge in [-0.1, -0.05) is 19.9 Å². The minimum absolute atomic E-state index is 0.0915. The van der Waals surface area contributed by atoms with Gasteiger partial charge >= 0.3 is 0 Å². The van der Waals surface area contributed by atoms with Crippen molar-refractivity contribution in [2.45, 2.75) is 32.6 Å². The van der Waals surface area contributed by atoms with E-state index in [1.165, 1.54) is 5.56 Å². The smallest absolute Gasteiger partial charge is 0.226 e. The van der Waals surface area contributed by atoms with E-state index in [4.69, 9.17) is 5.73 Å². The highest BCUT2D eigenvalue weighted by Gasteiger charge is 2.19. The summed E-state index contributed by atoms with van der Waals surface area (Å²) < 4.78 is 0. The third-order valence-corrected chi connectivity index (χ3v) is 3.54. The molecule has 0 aromatic heterocycles. The van der Waals surface area contributed by atoms with Crippen LogP contribution in [0.1, 0.15) is 38.2 Å². The Morgan fingerprint density at radius 1 is 1.42 bits per heavy atom. The van der Waals surface area contributed by atoms with Crippen molar-refractivity contribution < 1.29 is 4.79 Å². The van der Waals surface area contributed by atoms with Crippen molar-refractivity contribution in [3.63, 3.8) is 0 Å². The number of nitrogens with zero attached hydrogens (tertiary/aromatic N) is 1. The van der Waals surface area contributed by atoms with Gasteiger partial charge in [-0.25, -0.2) is 0 Å². The van der Waals surface area contributed by atoms with Crippen LogP contribution in [0.3, 0.4) is 0 Å². The standard InChI is InChI=1S/C15H23N3O/c1-11(2)12-4-5-13-14(10-12)18(8-3-7-16)9-6-15(19)17-13/h4-5,10-11H,3,6-9,16H2,1-2H3,(H,17,19). The molecule has 1 aliphatic heterocycles. The summed E-state index contributed by atoms with van der Waals surface area (Å²) >= 11 is 0. The number of rotatable bonds is 4. The fourth-order valence-electron chi connectivity index (χ4n) is 2.36. The molecule has 0 unspecified atom stereocenters. The van der Waals surface area contributed by atoms with Crippen LogP contribution in [-0.2, 0) is 4.79 Å². The molecule has 1 heterocycles. The van der Waals surface area contributed by atoms with E-state index < -0.39 is 0 Å². The molecule has 0 fully saturated rings. The van der Waals surface area contributed by atoms with E-state index in [0.29, 0.717) is 18.9 Å². The number of nitrogens with two attached hydrogens (primary N) is 1. The Morgan fingerprint density at radius 3 is 2.89 bits per heavy atom. The quantitative estimate of drug-likeness (QED) is 0.874. The summed E-state index contributed by atoms with van der Waals surface area (Å²) in [7, 11) is 0. The van der Waals surface area contributed by atoms with Crippen LogP contribution in [0.25, 0.3) is 0 Å². The predicted octanol–water partition coefficient (Wildman–Crippen LogP) is 2.31. The van der Waals surface area contributed by atoms with Crippen molar-refractivity contribution in [2.75, 3.05) is 29.9 Å². The summed E-state index contributed by atoms with van der Waals surface area (Å²) in [5.41, 5.74) is 8.95. The van der Waals surface area contributed by atoms with Gasteiger partial charge in [-0.2, -0.15) is 0 Å². The highest BCUT2D eigenvalue weighted by atomic mass is 16.1. The first kappa shape index (κ1) is 13.9. The fourth-order valence-corrected chi connectivity index (χ4v) is 2.36. The van der Waals surface area contributed by atoms with Crippen molar-refractivity contribution in [3.05, 3.63) is 23.8 Å². The highest BCUT2D eigenvalue weighted by molar-refractivity contribution is 5.96. The van der Waals surface area contributed by atoms with E-state index in [1.807, 2.05) is 6.07 Å². The summed E-state index contributed by atoms with van der Waals surface area (Å²) in [5.74, 6) is 0.578. The molecule has 2 rings (SSSR count). The largest absolute Gasteiger partial charge is 0.369 e. The SMILES string of the molecule is CC(C)c1ccc2c(c1)N(CCCN)CCC(=O)N2. The minimum Gasteiger partial charge on any atom is -0.369 e. The van der Waals surface area contributed by atoms with E-state index in [-0.39, 0.29) is 5.91 Å². The van der Waals surface area contributed by atoms with Gasteiger partial charge in [0.05, 0.1) is 11.4 Å². The molecule has 4 nitrogen and oxygen atoms in total. The third kappa shape index (κ3) is 3.26. The molecule has 0 atom stereocenters. The molecule has 0 saturated heterocycles. The van der Waals surface area contributed by atoms with E-state index in [0.717, 1.165) is 30.9 Å². The molecule has 0 spiro atoms. The van der Waals surface area contributed by atoms with Crippen LogP contribution in [0, 0.1) is 0 Å². The molecule has 1 aromatic carbocycles. The molecule has 0 radical (unpaired) electrons. The Balaban J connectivity index is 2.34. The van der Waals surface area contributed by atoms with E-state index >= 15 is 0 Å². The molecular weight excluding hydrogens is 238 g/mol. The van der Waals surface area contributed by atoms with E-state index in [2.05, 4.69) is 36.2 Å². The Hall–Kier alpha value is -1.55. The zero-order chi connectivity index (χ0) is 13.8. The first-order valence-electron chi connectivity index (χ1n) is 7.00. The van der Waals surface area contributed by atoms with Crippen molar-refractivity contribution in [1.82, 2.24) is 0 Å². The molecule has 1 aliphatic rings.